The molecule has 0 heterocycles. The second-order valence-corrected chi connectivity index (χ2v) is 11.3. The van der Waals surface area contributed by atoms with Crippen LogP contribution in [0.1, 0.15) is 29.3 Å². The lowest BCUT2D eigenvalue weighted by atomic mass is 9.83. The summed E-state index contributed by atoms with van der Waals surface area (Å²) in [6, 6.07) is -0.0244. The number of aliphatic imine (C=N–C) groups is 1. The second kappa shape index (κ2) is 13.9. The number of isocyanates is 1. The molecule has 0 aliphatic heterocycles. The summed E-state index contributed by atoms with van der Waals surface area (Å²) in [7, 11) is 0. The van der Waals surface area contributed by atoms with Crippen LogP contribution in [-0.2, 0) is 4.79 Å². The number of hydrogen-bond acceptors (Lipinski definition) is 3. The van der Waals surface area contributed by atoms with Crippen LogP contribution in [0.3, 0.4) is 0 Å². The van der Waals surface area contributed by atoms with E-state index in [1.165, 1.54) is 5.32 Å². The fourth-order valence-electron chi connectivity index (χ4n) is 4.08. The number of para-hydroxylation sites is 1. The van der Waals surface area contributed by atoms with Crippen molar-refractivity contribution in [1.82, 2.24) is 5.32 Å². The maximum atomic E-state index is 14.4. The van der Waals surface area contributed by atoms with Crippen molar-refractivity contribution in [2.75, 3.05) is 0 Å². The summed E-state index contributed by atoms with van der Waals surface area (Å²) >= 11 is 0. The van der Waals surface area contributed by atoms with Crippen LogP contribution in [0.15, 0.2) is 23.2 Å². The number of nitrogens with one attached hydrogen (secondary N) is 1. The maximum Gasteiger partial charge on any atom is 0.460 e. The number of halogens is 27. The Kier molecular flexibility index (Phi) is 12.5. The minimum absolute atomic E-state index is 0.0909. The van der Waals surface area contributed by atoms with Crippen molar-refractivity contribution >= 4 is 17.7 Å². The Balaban J connectivity index is 3.76. The summed E-state index contributed by atoms with van der Waals surface area (Å²) in [5.41, 5.74) is -1.57. The minimum atomic E-state index is -9.85. The lowest BCUT2D eigenvalue weighted by Crippen LogP contribution is -2.78. The zero-order chi connectivity index (χ0) is 45.3. The predicted octanol–water partition coefficient (Wildman–Crippen LogP) is 10.7. The molecular weight excluding hydrogens is 873 g/mol. The average Bonchev–Trinajstić information content (AvgIpc) is 2.99. The molecule has 1 aromatic carbocycles. The molecule has 0 aromatic heterocycles. The molecule has 1 aromatic rings. The molecule has 56 heavy (non-hydrogen) atoms. The molecule has 0 fully saturated rings. The van der Waals surface area contributed by atoms with Crippen LogP contribution in [0.4, 0.5) is 124 Å². The topological polar surface area (TPSA) is 58.5 Å². The number of benzene rings is 1. The summed E-state index contributed by atoms with van der Waals surface area (Å²) in [4.78, 5) is 25.9. The van der Waals surface area contributed by atoms with E-state index in [-0.39, 0.29) is 12.5 Å². The van der Waals surface area contributed by atoms with Gasteiger partial charge in [-0.05, 0) is 25.5 Å². The molecule has 0 aliphatic rings. The molecule has 0 spiro atoms. The number of amides is 1. The van der Waals surface area contributed by atoms with Gasteiger partial charge in [0.2, 0.25) is 6.08 Å². The third-order valence-corrected chi connectivity index (χ3v) is 7.34. The molecule has 324 valence electrons. The molecule has 0 bridgehead atoms. The van der Waals surface area contributed by atoms with E-state index in [0.29, 0.717) is 6.07 Å². The Morgan fingerprint density at radius 3 is 1.16 bits per heavy atom. The van der Waals surface area contributed by atoms with Gasteiger partial charge in [-0.2, -0.15) is 124 Å². The first-order chi connectivity index (χ1) is 24.2. The lowest BCUT2D eigenvalue weighted by molar-refractivity contribution is -0.485. The summed E-state index contributed by atoms with van der Waals surface area (Å²) in [5.74, 6) is -112. The number of rotatable bonds is 16. The normalized spacial score (nSPS) is 16.0. The van der Waals surface area contributed by atoms with Crippen LogP contribution in [0.5, 0.6) is 0 Å². The van der Waals surface area contributed by atoms with Crippen molar-refractivity contribution in [2.24, 2.45) is 4.99 Å². The van der Waals surface area contributed by atoms with Gasteiger partial charge < -0.3 is 5.32 Å². The zero-order valence-corrected chi connectivity index (χ0v) is 26.0. The molecule has 0 aliphatic carbocycles. The zero-order valence-electron chi connectivity index (χ0n) is 26.0. The van der Waals surface area contributed by atoms with Crippen LogP contribution in [0, 0.1) is 6.92 Å². The van der Waals surface area contributed by atoms with Crippen LogP contribution in [0.2, 0.25) is 0 Å². The standard InChI is InChI=1S/C25H13F27N2O2/c1-8-4-3-5-10(11(8)53-7-55)12(56)54-9(2)6-13(26,27)14(28,29)15(30,31)16(32,33)17(34,35)18(36,37)19(38,39)20(40,41)21(42,43)22(44,45)23(46,47)24(48,49)25(50,51)52/h3-5,9H,6H2,1-2H3,(H,54,56). The van der Waals surface area contributed by atoms with Gasteiger partial charge >= 0.3 is 77.2 Å². The summed E-state index contributed by atoms with van der Waals surface area (Å²) in [6.07, 6.45) is -10.6. The van der Waals surface area contributed by atoms with Gasteiger partial charge in [0.1, 0.15) is 0 Å². The van der Waals surface area contributed by atoms with Crippen LogP contribution in [0.25, 0.3) is 0 Å². The smallest absolute Gasteiger partial charge is 0.349 e. The van der Waals surface area contributed by atoms with Crippen molar-refractivity contribution in [3.05, 3.63) is 29.3 Å². The summed E-state index contributed by atoms with van der Waals surface area (Å²) in [5, 5.41) is 1.27. The predicted molar refractivity (Wildman–Crippen MR) is 126 cm³/mol. The number of carbonyl (C=O) groups is 1. The van der Waals surface area contributed by atoms with E-state index >= 15 is 0 Å². The third-order valence-electron chi connectivity index (χ3n) is 7.34. The highest BCUT2D eigenvalue weighted by Crippen LogP contribution is 2.68. The molecular formula is C25H13F27N2O2. The van der Waals surface area contributed by atoms with E-state index in [0.717, 1.165) is 25.1 Å². The Morgan fingerprint density at radius 1 is 0.554 bits per heavy atom. The summed E-state index contributed by atoms with van der Waals surface area (Å²) in [6.45, 7) is 1.22. The van der Waals surface area contributed by atoms with Gasteiger partial charge in [-0.1, -0.05) is 12.1 Å². The highest BCUT2D eigenvalue weighted by atomic mass is 19.4. The minimum Gasteiger partial charge on any atom is -0.349 e. The van der Waals surface area contributed by atoms with Crippen LogP contribution < -0.4 is 5.32 Å². The van der Waals surface area contributed by atoms with Crippen molar-refractivity contribution in [3.63, 3.8) is 0 Å². The van der Waals surface area contributed by atoms with Gasteiger partial charge in [0, 0.05) is 12.5 Å². The molecule has 1 atom stereocenters. The van der Waals surface area contributed by atoms with E-state index in [9.17, 15) is 128 Å². The number of aryl methyl sites for hydroxylation is 1. The third kappa shape index (κ3) is 6.74. The van der Waals surface area contributed by atoms with Crippen molar-refractivity contribution in [2.45, 2.75) is 104 Å². The molecule has 1 amide bonds. The Bertz CT molecular complexity index is 1670. The summed E-state index contributed by atoms with van der Waals surface area (Å²) < 4.78 is 370. The quantitative estimate of drug-likeness (QED) is 0.102. The average molecular weight is 886 g/mol. The van der Waals surface area contributed by atoms with Gasteiger partial charge in [0.25, 0.3) is 5.91 Å². The Labute approximate surface area is 290 Å². The lowest BCUT2D eigenvalue weighted by Gasteiger charge is -2.46. The second-order valence-electron chi connectivity index (χ2n) is 11.3. The number of alkyl halides is 27. The molecule has 0 saturated carbocycles. The fraction of sp³-hybridized carbons (Fsp3) is 0.680. The highest BCUT2D eigenvalue weighted by molar-refractivity contribution is 6.00. The monoisotopic (exact) mass is 886 g/mol. The van der Waals surface area contributed by atoms with Gasteiger partial charge in [0.05, 0.1) is 11.3 Å². The van der Waals surface area contributed by atoms with E-state index < -0.39 is 107 Å². The van der Waals surface area contributed by atoms with Crippen LogP contribution in [-0.4, -0.2) is 95.3 Å². The fourth-order valence-corrected chi connectivity index (χ4v) is 4.08. The Hall–Kier alpha value is -3.82. The number of hydrogen-bond donors (Lipinski definition) is 1. The SMILES string of the molecule is Cc1cccc(C(=O)NC(C)CC(F)(F)C(F)(F)C(F)(F)C(F)(F)C(F)(F)C(F)(F)C(F)(F)C(F)(F)C(F)(F)C(F)(F)C(F)(F)C(F)(F)C(F)(F)F)c1N=C=O. The first-order valence-electron chi connectivity index (χ1n) is 13.3. The Morgan fingerprint density at radius 2 is 0.857 bits per heavy atom. The molecule has 0 saturated heterocycles. The highest BCUT2D eigenvalue weighted by Gasteiger charge is 3.00. The molecule has 1 rings (SSSR count). The first-order valence-corrected chi connectivity index (χ1v) is 13.3. The maximum absolute atomic E-state index is 14.4. The molecule has 4 nitrogen and oxygen atoms in total. The molecule has 1 unspecified atom stereocenters. The van der Waals surface area contributed by atoms with E-state index in [4.69, 9.17) is 0 Å². The van der Waals surface area contributed by atoms with Crippen molar-refractivity contribution in [1.29, 1.82) is 0 Å². The van der Waals surface area contributed by atoms with Gasteiger partial charge in [-0.25, -0.2) is 4.79 Å². The molecule has 31 heteroatoms. The van der Waals surface area contributed by atoms with E-state index in [1.807, 2.05) is 0 Å². The van der Waals surface area contributed by atoms with E-state index in [1.54, 1.807) is 0 Å². The largest absolute Gasteiger partial charge is 0.460 e. The van der Waals surface area contributed by atoms with Gasteiger partial charge in [-0.15, -0.1) is 0 Å². The number of carbonyl (C=O) groups excluding carboxylic acids is 2. The van der Waals surface area contributed by atoms with E-state index in [2.05, 4.69) is 4.99 Å². The van der Waals surface area contributed by atoms with Crippen molar-refractivity contribution in [3.8, 4) is 0 Å². The number of nitrogens with zero attached hydrogens (tertiary/aromatic N) is 1. The molecule has 1 N–H and O–H groups in total. The van der Waals surface area contributed by atoms with Crippen molar-refractivity contribution < 1.29 is 128 Å². The van der Waals surface area contributed by atoms with Gasteiger partial charge in [0.15, 0.2) is 0 Å². The van der Waals surface area contributed by atoms with Crippen LogP contribution >= 0.6 is 0 Å². The van der Waals surface area contributed by atoms with Gasteiger partial charge in [-0.3, -0.25) is 4.79 Å². The first kappa shape index (κ1) is 50.2. The molecule has 0 radical (unpaired) electrons.